The van der Waals surface area contributed by atoms with Gasteiger partial charge in [-0.3, -0.25) is 4.79 Å². The summed E-state index contributed by atoms with van der Waals surface area (Å²) in [6, 6.07) is 3.66. The van der Waals surface area contributed by atoms with Crippen LogP contribution in [0.25, 0.3) is 0 Å². The van der Waals surface area contributed by atoms with Crippen LogP contribution < -0.4 is 5.73 Å². The molecule has 0 atom stereocenters. The molecule has 0 unspecified atom stereocenters. The minimum atomic E-state index is -0.358. The van der Waals surface area contributed by atoms with E-state index in [0.717, 1.165) is 10.0 Å². The zero-order valence-electron chi connectivity index (χ0n) is 13.3. The molecule has 1 heterocycles. The van der Waals surface area contributed by atoms with E-state index in [2.05, 4.69) is 15.9 Å². The van der Waals surface area contributed by atoms with Gasteiger partial charge in [0.05, 0.1) is 11.2 Å². The van der Waals surface area contributed by atoms with E-state index >= 15 is 0 Å². The third-order valence-electron chi connectivity index (χ3n) is 3.63. The molecule has 116 valence electrons. The molecule has 1 amide bonds. The fourth-order valence-corrected chi connectivity index (χ4v) is 3.50. The van der Waals surface area contributed by atoms with Gasteiger partial charge < -0.3 is 15.4 Å². The predicted molar refractivity (Wildman–Crippen MR) is 88.4 cm³/mol. The molecule has 2 rings (SSSR count). The number of hydrogen-bond acceptors (Lipinski definition) is 3. The van der Waals surface area contributed by atoms with Gasteiger partial charge in [0.1, 0.15) is 0 Å². The van der Waals surface area contributed by atoms with Crippen LogP contribution in [-0.2, 0) is 4.74 Å². The molecule has 4 nitrogen and oxygen atoms in total. The van der Waals surface area contributed by atoms with E-state index < -0.39 is 0 Å². The Morgan fingerprint density at radius 2 is 1.76 bits per heavy atom. The van der Waals surface area contributed by atoms with Gasteiger partial charge in [0, 0.05) is 28.8 Å². The third-order valence-corrected chi connectivity index (χ3v) is 4.08. The van der Waals surface area contributed by atoms with Crippen molar-refractivity contribution in [2.75, 3.05) is 18.8 Å². The van der Waals surface area contributed by atoms with E-state index in [-0.39, 0.29) is 17.1 Å². The third kappa shape index (κ3) is 3.58. The summed E-state index contributed by atoms with van der Waals surface area (Å²) in [6.45, 7) is 11.1. The van der Waals surface area contributed by atoms with E-state index in [9.17, 15) is 4.79 Å². The molecule has 0 aromatic heterocycles. The maximum absolute atomic E-state index is 12.9. The highest BCUT2D eigenvalue weighted by molar-refractivity contribution is 9.10. The first kappa shape index (κ1) is 16.3. The van der Waals surface area contributed by atoms with Gasteiger partial charge in [-0.05, 0) is 52.3 Å². The minimum Gasteiger partial charge on any atom is -0.398 e. The second kappa shape index (κ2) is 5.29. The molecule has 0 spiro atoms. The molecule has 1 saturated heterocycles. The first-order valence-electron chi connectivity index (χ1n) is 7.06. The van der Waals surface area contributed by atoms with Crippen molar-refractivity contribution in [2.24, 2.45) is 0 Å². The van der Waals surface area contributed by atoms with Crippen molar-refractivity contribution >= 4 is 27.5 Å². The topological polar surface area (TPSA) is 55.6 Å². The molecule has 0 aliphatic carbocycles. The highest BCUT2D eigenvalue weighted by Gasteiger charge is 2.40. The van der Waals surface area contributed by atoms with Crippen molar-refractivity contribution in [3.8, 4) is 0 Å². The number of ether oxygens (including phenoxy) is 1. The Morgan fingerprint density at radius 3 is 2.29 bits per heavy atom. The van der Waals surface area contributed by atoms with Crippen LogP contribution in [0.3, 0.4) is 0 Å². The van der Waals surface area contributed by atoms with Gasteiger partial charge in [-0.2, -0.15) is 0 Å². The number of hydrogen-bond donors (Lipinski definition) is 1. The van der Waals surface area contributed by atoms with E-state index in [1.807, 2.05) is 51.7 Å². The van der Waals surface area contributed by atoms with Crippen molar-refractivity contribution in [2.45, 2.75) is 45.8 Å². The van der Waals surface area contributed by atoms with Gasteiger partial charge in [0.25, 0.3) is 5.91 Å². The first-order chi connectivity index (χ1) is 9.51. The average Bonchev–Trinajstić information content (AvgIpc) is 2.29. The number of carbonyl (C=O) groups is 1. The fraction of sp³-hybridized carbons (Fsp3) is 0.562. The number of morpholine rings is 1. The van der Waals surface area contributed by atoms with Crippen LogP contribution in [0.2, 0.25) is 0 Å². The lowest BCUT2D eigenvalue weighted by Crippen LogP contribution is -2.58. The van der Waals surface area contributed by atoms with E-state index in [1.54, 1.807) is 0 Å². The summed E-state index contributed by atoms with van der Waals surface area (Å²) in [4.78, 5) is 14.8. The number of anilines is 1. The number of rotatable bonds is 1. The molecule has 1 aromatic carbocycles. The molecule has 1 aliphatic heterocycles. The number of nitrogens with two attached hydrogens (primary N) is 1. The highest BCUT2D eigenvalue weighted by atomic mass is 79.9. The Labute approximate surface area is 134 Å². The lowest BCUT2D eigenvalue weighted by Gasteiger charge is -2.47. The smallest absolute Gasteiger partial charge is 0.254 e. The average molecular weight is 355 g/mol. The minimum absolute atomic E-state index is 0.00458. The molecular formula is C16H23BrN2O2. The summed E-state index contributed by atoms with van der Waals surface area (Å²) >= 11 is 3.41. The van der Waals surface area contributed by atoms with E-state index in [1.165, 1.54) is 0 Å². The van der Waals surface area contributed by atoms with Gasteiger partial charge in [-0.1, -0.05) is 15.9 Å². The summed E-state index contributed by atoms with van der Waals surface area (Å²) in [6.07, 6.45) is 0. The molecule has 0 bridgehead atoms. The predicted octanol–water partition coefficient (Wildman–Crippen LogP) is 3.37. The first-order valence-corrected chi connectivity index (χ1v) is 7.85. The summed E-state index contributed by atoms with van der Waals surface area (Å²) in [5.41, 5.74) is 7.35. The van der Waals surface area contributed by atoms with Gasteiger partial charge in [0.15, 0.2) is 0 Å². The summed E-state index contributed by atoms with van der Waals surface area (Å²) in [5.74, 6) is 0.00458. The fourth-order valence-electron chi connectivity index (χ4n) is 3.02. The molecule has 2 N–H and O–H groups in total. The molecule has 21 heavy (non-hydrogen) atoms. The maximum Gasteiger partial charge on any atom is 0.254 e. The molecular weight excluding hydrogens is 332 g/mol. The Kier molecular flexibility index (Phi) is 4.10. The van der Waals surface area contributed by atoms with Crippen LogP contribution in [-0.4, -0.2) is 35.1 Å². The van der Waals surface area contributed by atoms with Crippen molar-refractivity contribution in [3.63, 3.8) is 0 Å². The van der Waals surface area contributed by atoms with Crippen molar-refractivity contribution < 1.29 is 9.53 Å². The zero-order valence-corrected chi connectivity index (χ0v) is 14.9. The highest BCUT2D eigenvalue weighted by Crippen LogP contribution is 2.30. The lowest BCUT2D eigenvalue weighted by molar-refractivity contribution is -0.171. The number of halogens is 1. The van der Waals surface area contributed by atoms with Crippen LogP contribution >= 0.6 is 15.9 Å². The monoisotopic (exact) mass is 354 g/mol. The van der Waals surface area contributed by atoms with Gasteiger partial charge >= 0.3 is 0 Å². The SMILES string of the molecule is Cc1c(N)cc(Br)cc1C(=O)N1CC(C)(C)OC(C)(C)C1. The van der Waals surface area contributed by atoms with Crippen molar-refractivity contribution in [3.05, 3.63) is 27.7 Å². The number of amides is 1. The van der Waals surface area contributed by atoms with Crippen LogP contribution in [0.5, 0.6) is 0 Å². The molecule has 0 saturated carbocycles. The number of nitrogens with zero attached hydrogens (tertiary/aromatic N) is 1. The second-order valence-electron chi connectivity index (χ2n) is 6.95. The van der Waals surface area contributed by atoms with Gasteiger partial charge in [0.2, 0.25) is 0 Å². The Bertz CT molecular complexity index is 566. The van der Waals surface area contributed by atoms with Gasteiger partial charge in [-0.15, -0.1) is 0 Å². The maximum atomic E-state index is 12.9. The number of nitrogen functional groups attached to an aromatic ring is 1. The molecule has 1 aliphatic rings. The molecule has 1 fully saturated rings. The summed E-state index contributed by atoms with van der Waals surface area (Å²) in [5, 5.41) is 0. The van der Waals surface area contributed by atoms with E-state index in [4.69, 9.17) is 10.5 Å². The quantitative estimate of drug-likeness (QED) is 0.786. The molecule has 5 heteroatoms. The van der Waals surface area contributed by atoms with Crippen LogP contribution in [0, 0.1) is 6.92 Å². The number of carbonyl (C=O) groups excluding carboxylic acids is 1. The summed E-state index contributed by atoms with van der Waals surface area (Å²) < 4.78 is 6.85. The van der Waals surface area contributed by atoms with Crippen molar-refractivity contribution in [1.82, 2.24) is 4.90 Å². The van der Waals surface area contributed by atoms with Crippen LogP contribution in [0.1, 0.15) is 43.6 Å². The second-order valence-corrected chi connectivity index (χ2v) is 7.87. The van der Waals surface area contributed by atoms with Crippen LogP contribution in [0.15, 0.2) is 16.6 Å². The Morgan fingerprint density at radius 1 is 1.24 bits per heavy atom. The van der Waals surface area contributed by atoms with E-state index in [0.29, 0.717) is 24.3 Å². The van der Waals surface area contributed by atoms with Crippen molar-refractivity contribution in [1.29, 1.82) is 0 Å². The Balaban J connectivity index is 2.36. The molecule has 0 radical (unpaired) electrons. The molecule has 1 aromatic rings. The summed E-state index contributed by atoms with van der Waals surface area (Å²) in [7, 11) is 0. The standard InChI is InChI=1S/C16H23BrN2O2/c1-10-12(6-11(17)7-13(10)18)14(20)19-8-15(2,3)21-16(4,5)9-19/h6-7H,8-9,18H2,1-5H3. The normalized spacial score (nSPS) is 20.4. The van der Waals surface area contributed by atoms with Crippen LogP contribution in [0.4, 0.5) is 5.69 Å². The Hall–Kier alpha value is -1.07. The zero-order chi connectivity index (χ0) is 16.0. The lowest BCUT2D eigenvalue weighted by atomic mass is 9.97. The van der Waals surface area contributed by atoms with Gasteiger partial charge in [-0.25, -0.2) is 0 Å². The number of benzene rings is 1. The largest absolute Gasteiger partial charge is 0.398 e.